The molecule has 1 amide bonds. The van der Waals surface area contributed by atoms with Crippen LogP contribution < -0.4 is 5.32 Å². The molecule has 0 aliphatic heterocycles. The highest BCUT2D eigenvalue weighted by atomic mass is 35.5. The zero-order valence-corrected chi connectivity index (χ0v) is 12.0. The molecule has 2 aromatic rings. The molecule has 2 rings (SSSR count). The first-order chi connectivity index (χ1) is 9.63. The average Bonchev–Trinajstić information content (AvgIpc) is 2.46. The Morgan fingerprint density at radius 1 is 1.40 bits per heavy atom. The summed E-state index contributed by atoms with van der Waals surface area (Å²) < 4.78 is 0. The second-order valence-corrected chi connectivity index (χ2v) is 5.19. The molecule has 0 saturated heterocycles. The molecular weight excluding hydrogens is 276 g/mol. The zero-order chi connectivity index (χ0) is 14.5. The fraction of sp³-hybridized carbons (Fsp3) is 0.333. The normalized spacial score (nSPS) is 12.3. The van der Waals surface area contributed by atoms with Gasteiger partial charge in [-0.1, -0.05) is 42.8 Å². The fourth-order valence-corrected chi connectivity index (χ4v) is 2.24. The molecular formula is C15H17ClN2O2. The molecule has 1 atom stereocenters. The van der Waals surface area contributed by atoms with Crippen molar-refractivity contribution < 1.29 is 9.90 Å². The Kier molecular flexibility index (Phi) is 4.93. The van der Waals surface area contributed by atoms with Gasteiger partial charge in [0.05, 0.1) is 5.56 Å². The lowest BCUT2D eigenvalue weighted by atomic mass is 10.1. The molecule has 0 fully saturated rings. The van der Waals surface area contributed by atoms with E-state index < -0.39 is 0 Å². The van der Waals surface area contributed by atoms with Gasteiger partial charge in [-0.15, -0.1) is 0 Å². The van der Waals surface area contributed by atoms with Crippen LogP contribution in [0.25, 0.3) is 10.8 Å². The summed E-state index contributed by atoms with van der Waals surface area (Å²) >= 11 is 6.03. The number of aliphatic hydroxyl groups excluding tert-OH is 1. The van der Waals surface area contributed by atoms with Crippen molar-refractivity contribution in [1.29, 1.82) is 0 Å². The predicted molar refractivity (Wildman–Crippen MR) is 80.0 cm³/mol. The van der Waals surface area contributed by atoms with E-state index in [9.17, 15) is 4.79 Å². The molecule has 0 radical (unpaired) electrons. The highest BCUT2D eigenvalue weighted by Gasteiger charge is 2.13. The van der Waals surface area contributed by atoms with Gasteiger partial charge in [0.2, 0.25) is 0 Å². The van der Waals surface area contributed by atoms with Gasteiger partial charge in [0, 0.05) is 24.7 Å². The van der Waals surface area contributed by atoms with Crippen molar-refractivity contribution >= 4 is 28.3 Å². The van der Waals surface area contributed by atoms with Gasteiger partial charge >= 0.3 is 0 Å². The highest BCUT2D eigenvalue weighted by Crippen LogP contribution is 2.24. The number of aromatic nitrogens is 1. The first kappa shape index (κ1) is 14.8. The van der Waals surface area contributed by atoms with Gasteiger partial charge < -0.3 is 10.4 Å². The number of carbonyl (C=O) groups is 1. The Hall–Kier alpha value is -1.65. The van der Waals surface area contributed by atoms with Crippen molar-refractivity contribution in [3.8, 4) is 0 Å². The maximum Gasteiger partial charge on any atom is 0.253 e. The molecule has 1 unspecified atom stereocenters. The van der Waals surface area contributed by atoms with E-state index in [0.717, 1.165) is 10.8 Å². The van der Waals surface area contributed by atoms with Gasteiger partial charge in [-0.25, -0.2) is 4.98 Å². The molecule has 0 aliphatic rings. The Bertz CT molecular complexity index is 616. The summed E-state index contributed by atoms with van der Waals surface area (Å²) in [4.78, 5) is 16.3. The Labute approximate surface area is 122 Å². The summed E-state index contributed by atoms with van der Waals surface area (Å²) in [6.45, 7) is 2.63. The van der Waals surface area contributed by atoms with Crippen LogP contribution in [0.4, 0.5) is 0 Å². The lowest BCUT2D eigenvalue weighted by molar-refractivity contribution is 0.0947. The SMILES string of the molecule is CC(CCO)CNC(=O)c1cnc(Cl)c2ccccc12. The minimum absolute atomic E-state index is 0.127. The summed E-state index contributed by atoms with van der Waals surface area (Å²) in [6, 6.07) is 7.43. The van der Waals surface area contributed by atoms with Crippen LogP contribution in [0.3, 0.4) is 0 Å². The third-order valence-corrected chi connectivity index (χ3v) is 3.53. The average molecular weight is 293 g/mol. The number of carbonyl (C=O) groups excluding carboxylic acids is 1. The fourth-order valence-electron chi connectivity index (χ4n) is 2.02. The molecule has 0 spiro atoms. The van der Waals surface area contributed by atoms with Gasteiger partial charge in [0.15, 0.2) is 0 Å². The summed E-state index contributed by atoms with van der Waals surface area (Å²) in [5.41, 5.74) is 0.515. The molecule has 5 heteroatoms. The lowest BCUT2D eigenvalue weighted by Gasteiger charge is -2.12. The van der Waals surface area contributed by atoms with Crippen molar-refractivity contribution in [3.05, 3.63) is 41.2 Å². The number of nitrogens with one attached hydrogen (secondary N) is 1. The number of aliphatic hydroxyl groups is 1. The molecule has 20 heavy (non-hydrogen) atoms. The number of hydrogen-bond acceptors (Lipinski definition) is 3. The standard InChI is InChI=1S/C15H17ClN2O2/c1-10(6-7-19)8-18-15(20)13-9-17-14(16)12-5-3-2-4-11(12)13/h2-5,9-10,19H,6-8H2,1H3,(H,18,20). The van der Waals surface area contributed by atoms with Gasteiger partial charge in [-0.2, -0.15) is 0 Å². The Morgan fingerprint density at radius 2 is 2.10 bits per heavy atom. The third kappa shape index (κ3) is 3.26. The molecule has 1 aromatic heterocycles. The van der Waals surface area contributed by atoms with Crippen LogP contribution >= 0.6 is 11.6 Å². The minimum atomic E-state index is -0.171. The second kappa shape index (κ2) is 6.68. The maximum atomic E-state index is 12.2. The van der Waals surface area contributed by atoms with E-state index in [4.69, 9.17) is 16.7 Å². The van der Waals surface area contributed by atoms with Gasteiger partial charge in [0.25, 0.3) is 5.91 Å². The number of nitrogens with zero attached hydrogens (tertiary/aromatic N) is 1. The van der Waals surface area contributed by atoms with Crippen molar-refractivity contribution in [1.82, 2.24) is 10.3 Å². The first-order valence-corrected chi connectivity index (χ1v) is 6.93. The van der Waals surface area contributed by atoms with Crippen LogP contribution in [0.5, 0.6) is 0 Å². The molecule has 2 N–H and O–H groups in total. The molecule has 4 nitrogen and oxygen atoms in total. The monoisotopic (exact) mass is 292 g/mol. The number of amides is 1. The van der Waals surface area contributed by atoms with Crippen molar-refractivity contribution in [3.63, 3.8) is 0 Å². The molecule has 1 heterocycles. The summed E-state index contributed by atoms with van der Waals surface area (Å²) in [5, 5.41) is 13.7. The lowest BCUT2D eigenvalue weighted by Crippen LogP contribution is -2.28. The molecule has 0 bridgehead atoms. The quantitative estimate of drug-likeness (QED) is 0.833. The number of pyridine rings is 1. The van der Waals surface area contributed by atoms with Gasteiger partial charge in [-0.3, -0.25) is 4.79 Å². The van der Waals surface area contributed by atoms with E-state index in [1.807, 2.05) is 31.2 Å². The number of fused-ring (bicyclic) bond motifs is 1. The van der Waals surface area contributed by atoms with E-state index >= 15 is 0 Å². The van der Waals surface area contributed by atoms with Crippen LogP contribution in [0, 0.1) is 5.92 Å². The summed E-state index contributed by atoms with van der Waals surface area (Å²) in [6.07, 6.45) is 2.16. The van der Waals surface area contributed by atoms with Crippen LogP contribution in [-0.2, 0) is 0 Å². The topological polar surface area (TPSA) is 62.2 Å². The maximum absolute atomic E-state index is 12.2. The van der Waals surface area contributed by atoms with Crippen molar-refractivity contribution in [2.24, 2.45) is 5.92 Å². The van der Waals surface area contributed by atoms with Gasteiger partial charge in [-0.05, 0) is 17.7 Å². The molecule has 0 saturated carbocycles. The van der Waals surface area contributed by atoms with Crippen LogP contribution in [0.2, 0.25) is 5.15 Å². The van der Waals surface area contributed by atoms with Crippen molar-refractivity contribution in [2.45, 2.75) is 13.3 Å². The highest BCUT2D eigenvalue weighted by molar-refractivity contribution is 6.34. The minimum Gasteiger partial charge on any atom is -0.396 e. The van der Waals surface area contributed by atoms with E-state index in [0.29, 0.717) is 23.7 Å². The van der Waals surface area contributed by atoms with E-state index in [-0.39, 0.29) is 18.4 Å². The van der Waals surface area contributed by atoms with Gasteiger partial charge in [0.1, 0.15) is 5.15 Å². The zero-order valence-electron chi connectivity index (χ0n) is 11.3. The van der Waals surface area contributed by atoms with Crippen molar-refractivity contribution in [2.75, 3.05) is 13.2 Å². The number of hydrogen-bond donors (Lipinski definition) is 2. The third-order valence-electron chi connectivity index (χ3n) is 3.22. The molecule has 1 aromatic carbocycles. The second-order valence-electron chi connectivity index (χ2n) is 4.84. The predicted octanol–water partition coefficient (Wildman–Crippen LogP) is 2.64. The number of rotatable bonds is 5. The van der Waals surface area contributed by atoms with E-state index in [2.05, 4.69) is 10.3 Å². The summed E-state index contributed by atoms with van der Waals surface area (Å²) in [5.74, 6) is 0.0608. The smallest absolute Gasteiger partial charge is 0.253 e. The van der Waals surface area contributed by atoms with Crippen LogP contribution in [0.1, 0.15) is 23.7 Å². The van der Waals surface area contributed by atoms with Crippen LogP contribution in [0.15, 0.2) is 30.5 Å². The summed E-state index contributed by atoms with van der Waals surface area (Å²) in [7, 11) is 0. The largest absolute Gasteiger partial charge is 0.396 e. The molecule has 106 valence electrons. The van der Waals surface area contributed by atoms with E-state index in [1.165, 1.54) is 6.20 Å². The Morgan fingerprint density at radius 3 is 2.80 bits per heavy atom. The Balaban J connectivity index is 2.20. The molecule has 0 aliphatic carbocycles. The first-order valence-electron chi connectivity index (χ1n) is 6.55. The number of benzene rings is 1. The number of halogens is 1. The van der Waals surface area contributed by atoms with E-state index in [1.54, 1.807) is 0 Å². The van der Waals surface area contributed by atoms with Crippen LogP contribution in [-0.4, -0.2) is 29.1 Å².